The highest BCUT2D eigenvalue weighted by atomic mass is 16.5. The number of carboxylic acid groups (broad SMARTS) is 1. The summed E-state index contributed by atoms with van der Waals surface area (Å²) in [7, 11) is 0. The van der Waals surface area contributed by atoms with Crippen LogP contribution in [0.1, 0.15) is 11.1 Å². The normalized spacial score (nSPS) is 9.73. The smallest absolute Gasteiger partial charge is 0.404 e. The third-order valence-electron chi connectivity index (χ3n) is 1.97. The highest BCUT2D eigenvalue weighted by Crippen LogP contribution is 2.18. The van der Waals surface area contributed by atoms with E-state index in [4.69, 9.17) is 9.84 Å². The maximum Gasteiger partial charge on any atom is 0.404 e. The fraction of sp³-hybridized carbons (Fsp3) is 0.364. The lowest BCUT2D eigenvalue weighted by atomic mass is 10.1. The summed E-state index contributed by atoms with van der Waals surface area (Å²) in [5, 5.41) is 10.6. The molecule has 0 fully saturated rings. The summed E-state index contributed by atoms with van der Waals surface area (Å²) in [4.78, 5) is 10.2. The van der Waals surface area contributed by atoms with Gasteiger partial charge in [-0.05, 0) is 25.5 Å². The number of carbonyl (C=O) groups is 1. The van der Waals surface area contributed by atoms with E-state index in [1.807, 2.05) is 32.0 Å². The van der Waals surface area contributed by atoms with Gasteiger partial charge in [-0.3, -0.25) is 0 Å². The van der Waals surface area contributed by atoms with Crippen LogP contribution in [0.3, 0.4) is 0 Å². The Hall–Kier alpha value is -1.71. The van der Waals surface area contributed by atoms with Crippen LogP contribution >= 0.6 is 0 Å². The molecule has 82 valence electrons. The molecule has 15 heavy (non-hydrogen) atoms. The Balaban J connectivity index is 2.40. The van der Waals surface area contributed by atoms with Crippen molar-refractivity contribution in [3.8, 4) is 5.75 Å². The van der Waals surface area contributed by atoms with Crippen molar-refractivity contribution < 1.29 is 14.6 Å². The lowest BCUT2D eigenvalue weighted by Crippen LogP contribution is -2.26. The summed E-state index contributed by atoms with van der Waals surface area (Å²) in [6.45, 7) is 4.62. The quantitative estimate of drug-likeness (QED) is 0.745. The van der Waals surface area contributed by atoms with Crippen LogP contribution in [0.15, 0.2) is 18.2 Å². The lowest BCUT2D eigenvalue weighted by Gasteiger charge is -2.09. The van der Waals surface area contributed by atoms with E-state index in [9.17, 15) is 4.79 Å². The summed E-state index contributed by atoms with van der Waals surface area (Å²) >= 11 is 0. The standard InChI is InChI=1S/C11H15NO3/c1-8-3-4-10(9(2)7-8)15-6-5-12-11(13)14/h3-4,7,12H,5-6H2,1-2H3,(H,13,14). The second-order valence-electron chi connectivity index (χ2n) is 3.35. The second-order valence-corrected chi connectivity index (χ2v) is 3.35. The van der Waals surface area contributed by atoms with Gasteiger partial charge in [-0.25, -0.2) is 4.79 Å². The van der Waals surface area contributed by atoms with Crippen LogP contribution in [0.5, 0.6) is 5.75 Å². The molecule has 0 radical (unpaired) electrons. The Bertz CT molecular complexity index is 350. The molecule has 0 saturated carbocycles. The van der Waals surface area contributed by atoms with E-state index in [2.05, 4.69) is 5.32 Å². The summed E-state index contributed by atoms with van der Waals surface area (Å²) in [6, 6.07) is 5.89. The van der Waals surface area contributed by atoms with Crippen molar-refractivity contribution in [2.45, 2.75) is 13.8 Å². The molecular formula is C11H15NO3. The number of hydrogen-bond acceptors (Lipinski definition) is 2. The molecule has 0 aliphatic carbocycles. The van der Waals surface area contributed by atoms with Gasteiger partial charge in [0, 0.05) is 0 Å². The fourth-order valence-electron chi connectivity index (χ4n) is 1.28. The first kappa shape index (κ1) is 11.4. The number of amides is 1. The molecule has 0 saturated heterocycles. The van der Waals surface area contributed by atoms with Crippen LogP contribution in [-0.4, -0.2) is 24.4 Å². The molecule has 0 atom stereocenters. The van der Waals surface area contributed by atoms with Gasteiger partial charge in [0.1, 0.15) is 12.4 Å². The van der Waals surface area contributed by atoms with E-state index < -0.39 is 6.09 Å². The number of nitrogens with one attached hydrogen (secondary N) is 1. The third kappa shape index (κ3) is 3.89. The maximum absolute atomic E-state index is 10.2. The van der Waals surface area contributed by atoms with Crippen LogP contribution in [0.4, 0.5) is 4.79 Å². The predicted molar refractivity (Wildman–Crippen MR) is 57.4 cm³/mol. The van der Waals surface area contributed by atoms with Crippen molar-refractivity contribution in [2.24, 2.45) is 0 Å². The molecule has 2 N–H and O–H groups in total. The van der Waals surface area contributed by atoms with Gasteiger partial charge in [0.15, 0.2) is 0 Å². The van der Waals surface area contributed by atoms with Gasteiger partial charge in [-0.15, -0.1) is 0 Å². The molecule has 0 unspecified atom stereocenters. The molecule has 0 aliphatic heterocycles. The van der Waals surface area contributed by atoms with Crippen molar-refractivity contribution in [1.82, 2.24) is 5.32 Å². The Morgan fingerprint density at radius 3 is 2.80 bits per heavy atom. The summed E-state index contributed by atoms with van der Waals surface area (Å²) in [6.07, 6.45) is -1.03. The largest absolute Gasteiger partial charge is 0.491 e. The predicted octanol–water partition coefficient (Wildman–Crippen LogP) is 1.95. The SMILES string of the molecule is Cc1ccc(OCCNC(=O)O)c(C)c1. The van der Waals surface area contributed by atoms with E-state index in [0.29, 0.717) is 13.2 Å². The first-order valence-electron chi connectivity index (χ1n) is 4.76. The molecule has 4 nitrogen and oxygen atoms in total. The van der Waals surface area contributed by atoms with Crippen LogP contribution in [0.25, 0.3) is 0 Å². The van der Waals surface area contributed by atoms with Crippen LogP contribution < -0.4 is 10.1 Å². The van der Waals surface area contributed by atoms with Crippen molar-refractivity contribution in [2.75, 3.05) is 13.2 Å². The average molecular weight is 209 g/mol. The first-order valence-corrected chi connectivity index (χ1v) is 4.76. The average Bonchev–Trinajstić information content (AvgIpc) is 2.14. The van der Waals surface area contributed by atoms with Crippen molar-refractivity contribution in [3.63, 3.8) is 0 Å². The molecule has 1 aromatic rings. The zero-order valence-corrected chi connectivity index (χ0v) is 8.91. The molecule has 0 heterocycles. The molecule has 4 heteroatoms. The third-order valence-corrected chi connectivity index (χ3v) is 1.97. The number of rotatable bonds is 4. The maximum atomic E-state index is 10.2. The summed E-state index contributed by atoms with van der Waals surface area (Å²) < 4.78 is 5.42. The summed E-state index contributed by atoms with van der Waals surface area (Å²) in [5.74, 6) is 0.799. The minimum absolute atomic E-state index is 0.294. The molecule has 1 amide bonds. The number of hydrogen-bond donors (Lipinski definition) is 2. The molecular weight excluding hydrogens is 194 g/mol. The Kier molecular flexibility index (Phi) is 3.97. The van der Waals surface area contributed by atoms with Crippen molar-refractivity contribution in [3.05, 3.63) is 29.3 Å². The van der Waals surface area contributed by atoms with Crippen LogP contribution in [-0.2, 0) is 0 Å². The number of ether oxygens (including phenoxy) is 1. The number of aryl methyl sites for hydroxylation is 2. The van der Waals surface area contributed by atoms with Crippen LogP contribution in [0.2, 0.25) is 0 Å². The van der Waals surface area contributed by atoms with Gasteiger partial charge >= 0.3 is 6.09 Å². The van der Waals surface area contributed by atoms with E-state index in [1.165, 1.54) is 5.56 Å². The van der Waals surface area contributed by atoms with Crippen LogP contribution in [0, 0.1) is 13.8 Å². The lowest BCUT2D eigenvalue weighted by molar-refractivity contribution is 0.191. The molecule has 0 bridgehead atoms. The number of benzene rings is 1. The Morgan fingerprint density at radius 2 is 2.20 bits per heavy atom. The molecule has 1 aromatic carbocycles. The van der Waals surface area contributed by atoms with Crippen molar-refractivity contribution >= 4 is 6.09 Å². The molecule has 1 rings (SSSR count). The van der Waals surface area contributed by atoms with Gasteiger partial charge in [0.25, 0.3) is 0 Å². The fourth-order valence-corrected chi connectivity index (χ4v) is 1.28. The van der Waals surface area contributed by atoms with Crippen molar-refractivity contribution in [1.29, 1.82) is 0 Å². The van der Waals surface area contributed by atoms with Gasteiger partial charge in [0.05, 0.1) is 6.54 Å². The molecule has 0 aliphatic rings. The Morgan fingerprint density at radius 1 is 1.47 bits per heavy atom. The topological polar surface area (TPSA) is 58.6 Å². The zero-order chi connectivity index (χ0) is 11.3. The zero-order valence-electron chi connectivity index (χ0n) is 8.91. The molecule has 0 aromatic heterocycles. The highest BCUT2D eigenvalue weighted by molar-refractivity contribution is 5.64. The van der Waals surface area contributed by atoms with Gasteiger partial charge < -0.3 is 15.2 Å². The minimum Gasteiger partial charge on any atom is -0.491 e. The van der Waals surface area contributed by atoms with Gasteiger partial charge in [-0.1, -0.05) is 17.7 Å². The van der Waals surface area contributed by atoms with E-state index in [-0.39, 0.29) is 0 Å². The van der Waals surface area contributed by atoms with E-state index in [0.717, 1.165) is 11.3 Å². The summed E-state index contributed by atoms with van der Waals surface area (Å²) in [5.41, 5.74) is 2.24. The minimum atomic E-state index is -1.03. The first-order chi connectivity index (χ1) is 7.09. The Labute approximate surface area is 88.9 Å². The molecule has 0 spiro atoms. The monoisotopic (exact) mass is 209 g/mol. The van der Waals surface area contributed by atoms with Gasteiger partial charge in [-0.2, -0.15) is 0 Å². The van der Waals surface area contributed by atoms with E-state index >= 15 is 0 Å². The van der Waals surface area contributed by atoms with E-state index in [1.54, 1.807) is 0 Å². The second kappa shape index (κ2) is 5.24. The van der Waals surface area contributed by atoms with Gasteiger partial charge in [0.2, 0.25) is 0 Å². The highest BCUT2D eigenvalue weighted by Gasteiger charge is 1.99.